The van der Waals surface area contributed by atoms with Gasteiger partial charge in [0.1, 0.15) is 12.1 Å². The molecule has 1 aliphatic heterocycles. The van der Waals surface area contributed by atoms with E-state index in [9.17, 15) is 0 Å². The van der Waals surface area contributed by atoms with E-state index in [0.29, 0.717) is 5.92 Å². The highest BCUT2D eigenvalue weighted by atomic mass is 32.1. The largest absolute Gasteiger partial charge is 0.381 e. The summed E-state index contributed by atoms with van der Waals surface area (Å²) in [5.41, 5.74) is 4.10. The summed E-state index contributed by atoms with van der Waals surface area (Å²) in [5.74, 6) is 1.31. The fourth-order valence-electron chi connectivity index (χ4n) is 2.33. The number of ether oxygens (including phenoxy) is 1. The van der Waals surface area contributed by atoms with Crippen molar-refractivity contribution in [2.75, 3.05) is 25.1 Å². The van der Waals surface area contributed by atoms with Crippen molar-refractivity contribution in [2.45, 2.75) is 25.7 Å². The number of hydrogen-bond donors (Lipinski definition) is 1. The number of anilines is 1. The van der Waals surface area contributed by atoms with Gasteiger partial charge >= 0.3 is 0 Å². The van der Waals surface area contributed by atoms with E-state index in [-0.39, 0.29) is 0 Å². The monoisotopic (exact) mass is 290 g/mol. The molecule has 6 heteroatoms. The van der Waals surface area contributed by atoms with Crippen LogP contribution in [0.2, 0.25) is 0 Å². The third-order valence-corrected chi connectivity index (χ3v) is 4.53. The van der Waals surface area contributed by atoms with Gasteiger partial charge < -0.3 is 10.1 Å². The van der Waals surface area contributed by atoms with Crippen molar-refractivity contribution < 1.29 is 4.74 Å². The van der Waals surface area contributed by atoms with Gasteiger partial charge in [0.2, 0.25) is 0 Å². The van der Waals surface area contributed by atoms with E-state index >= 15 is 0 Å². The van der Waals surface area contributed by atoms with Crippen LogP contribution in [0.15, 0.2) is 17.9 Å². The van der Waals surface area contributed by atoms with Crippen LogP contribution in [0.25, 0.3) is 0 Å². The van der Waals surface area contributed by atoms with E-state index in [1.54, 1.807) is 17.7 Å². The molecule has 1 N–H and O–H groups in total. The summed E-state index contributed by atoms with van der Waals surface area (Å²) >= 11 is 1.71. The van der Waals surface area contributed by atoms with Crippen LogP contribution in [0.4, 0.5) is 5.82 Å². The number of aromatic nitrogens is 3. The van der Waals surface area contributed by atoms with Gasteiger partial charge in [-0.3, -0.25) is 0 Å². The van der Waals surface area contributed by atoms with Crippen molar-refractivity contribution >= 4 is 17.2 Å². The van der Waals surface area contributed by atoms with E-state index in [1.807, 2.05) is 11.6 Å². The highest BCUT2D eigenvalue weighted by molar-refractivity contribution is 7.09. The van der Waals surface area contributed by atoms with Crippen LogP contribution in [0.1, 0.15) is 28.6 Å². The Balaban J connectivity index is 1.57. The van der Waals surface area contributed by atoms with Crippen molar-refractivity contribution in [2.24, 2.45) is 0 Å². The van der Waals surface area contributed by atoms with Crippen LogP contribution in [-0.2, 0) is 11.2 Å². The predicted molar refractivity (Wildman–Crippen MR) is 79.3 cm³/mol. The van der Waals surface area contributed by atoms with Crippen LogP contribution in [-0.4, -0.2) is 34.7 Å². The Bertz CT molecular complexity index is 566. The van der Waals surface area contributed by atoms with Gasteiger partial charge in [-0.2, -0.15) is 0 Å². The van der Waals surface area contributed by atoms with Crippen molar-refractivity contribution in [3.8, 4) is 0 Å². The molecule has 3 heterocycles. The van der Waals surface area contributed by atoms with Gasteiger partial charge in [-0.15, -0.1) is 11.3 Å². The lowest BCUT2D eigenvalue weighted by atomic mass is 10.1. The van der Waals surface area contributed by atoms with Gasteiger partial charge in [-0.05, 0) is 13.3 Å². The highest BCUT2D eigenvalue weighted by Gasteiger charge is 2.19. The standard InChI is InChI=1S/C14H18N4OS/c1-10-13(20-9-18-10)2-4-15-14-6-12(16-8-17-14)11-3-5-19-7-11/h6,8-9,11H,2-5,7H2,1H3,(H,15,16,17). The lowest BCUT2D eigenvalue weighted by Gasteiger charge is -2.09. The van der Waals surface area contributed by atoms with E-state index < -0.39 is 0 Å². The number of nitrogens with zero attached hydrogens (tertiary/aromatic N) is 3. The van der Waals surface area contributed by atoms with E-state index in [2.05, 4.69) is 27.2 Å². The van der Waals surface area contributed by atoms with Crippen molar-refractivity contribution in [1.29, 1.82) is 0 Å². The molecule has 3 rings (SSSR count). The average Bonchev–Trinajstić information content (AvgIpc) is 3.12. The molecule has 1 saturated heterocycles. The molecule has 1 fully saturated rings. The summed E-state index contributed by atoms with van der Waals surface area (Å²) in [6.07, 6.45) is 3.66. The van der Waals surface area contributed by atoms with Crippen molar-refractivity contribution in [1.82, 2.24) is 15.0 Å². The molecule has 0 amide bonds. The zero-order valence-corrected chi connectivity index (χ0v) is 12.3. The maximum atomic E-state index is 5.41. The van der Waals surface area contributed by atoms with Crippen LogP contribution in [0.5, 0.6) is 0 Å². The molecule has 2 aromatic rings. The molecular formula is C14H18N4OS. The molecule has 0 saturated carbocycles. The van der Waals surface area contributed by atoms with E-state index in [1.165, 1.54) is 4.88 Å². The van der Waals surface area contributed by atoms with E-state index in [0.717, 1.165) is 49.8 Å². The van der Waals surface area contributed by atoms with Crippen molar-refractivity contribution in [3.05, 3.63) is 34.2 Å². The Hall–Kier alpha value is -1.53. The lowest BCUT2D eigenvalue weighted by molar-refractivity contribution is 0.193. The Morgan fingerprint density at radius 1 is 1.40 bits per heavy atom. The van der Waals surface area contributed by atoms with Gasteiger partial charge in [0.15, 0.2) is 0 Å². The van der Waals surface area contributed by atoms with Gasteiger partial charge in [0.25, 0.3) is 0 Å². The van der Waals surface area contributed by atoms with Crippen molar-refractivity contribution in [3.63, 3.8) is 0 Å². The minimum atomic E-state index is 0.419. The van der Waals surface area contributed by atoms with E-state index in [4.69, 9.17) is 4.74 Å². The second-order valence-corrected chi connectivity index (χ2v) is 5.87. The Morgan fingerprint density at radius 2 is 2.35 bits per heavy atom. The molecule has 0 aliphatic carbocycles. The molecular weight excluding hydrogens is 272 g/mol. The highest BCUT2D eigenvalue weighted by Crippen LogP contribution is 2.24. The number of aryl methyl sites for hydroxylation is 1. The van der Waals surface area contributed by atoms with Crippen LogP contribution in [0, 0.1) is 6.92 Å². The Labute approximate surface area is 122 Å². The number of rotatable bonds is 5. The topological polar surface area (TPSA) is 59.9 Å². The average molecular weight is 290 g/mol. The molecule has 1 unspecified atom stereocenters. The number of hydrogen-bond acceptors (Lipinski definition) is 6. The smallest absolute Gasteiger partial charge is 0.129 e. The number of thiazole rings is 1. The fraction of sp³-hybridized carbons (Fsp3) is 0.500. The summed E-state index contributed by atoms with van der Waals surface area (Å²) in [6, 6.07) is 2.04. The van der Waals surface area contributed by atoms with Crippen LogP contribution >= 0.6 is 11.3 Å². The zero-order valence-electron chi connectivity index (χ0n) is 11.5. The normalized spacial score (nSPS) is 18.4. The first-order valence-corrected chi connectivity index (χ1v) is 7.73. The summed E-state index contributed by atoms with van der Waals surface area (Å²) in [6.45, 7) is 4.52. The first kappa shape index (κ1) is 13.5. The summed E-state index contributed by atoms with van der Waals surface area (Å²) in [5, 5.41) is 3.36. The Morgan fingerprint density at radius 3 is 3.10 bits per heavy atom. The third kappa shape index (κ3) is 3.13. The molecule has 1 aliphatic rings. The number of nitrogens with one attached hydrogen (secondary N) is 1. The zero-order chi connectivity index (χ0) is 13.8. The Kier molecular flexibility index (Phi) is 4.22. The molecule has 5 nitrogen and oxygen atoms in total. The van der Waals surface area contributed by atoms with Crippen LogP contribution < -0.4 is 5.32 Å². The molecule has 0 aromatic carbocycles. The fourth-order valence-corrected chi connectivity index (χ4v) is 3.11. The second kappa shape index (κ2) is 6.28. The minimum absolute atomic E-state index is 0.419. The molecule has 0 bridgehead atoms. The predicted octanol–water partition coefficient (Wildman–Crippen LogP) is 2.40. The summed E-state index contributed by atoms with van der Waals surface area (Å²) < 4.78 is 5.41. The minimum Gasteiger partial charge on any atom is -0.381 e. The molecule has 0 radical (unpaired) electrons. The van der Waals surface area contributed by atoms with Gasteiger partial charge in [0.05, 0.1) is 23.5 Å². The summed E-state index contributed by atoms with van der Waals surface area (Å²) in [4.78, 5) is 14.2. The maximum absolute atomic E-state index is 5.41. The molecule has 20 heavy (non-hydrogen) atoms. The quantitative estimate of drug-likeness (QED) is 0.916. The first-order valence-electron chi connectivity index (χ1n) is 6.85. The second-order valence-electron chi connectivity index (χ2n) is 4.93. The SMILES string of the molecule is Cc1ncsc1CCNc1cc(C2CCOC2)ncn1. The molecule has 1 atom stereocenters. The third-order valence-electron chi connectivity index (χ3n) is 3.54. The van der Waals surface area contributed by atoms with Gasteiger partial charge in [-0.25, -0.2) is 15.0 Å². The lowest BCUT2D eigenvalue weighted by Crippen LogP contribution is -2.08. The molecule has 106 valence electrons. The van der Waals surface area contributed by atoms with Crippen LogP contribution in [0.3, 0.4) is 0 Å². The molecule has 0 spiro atoms. The van der Waals surface area contributed by atoms with Gasteiger partial charge in [0, 0.05) is 36.4 Å². The summed E-state index contributed by atoms with van der Waals surface area (Å²) in [7, 11) is 0. The van der Waals surface area contributed by atoms with Gasteiger partial charge in [-0.1, -0.05) is 0 Å². The first-order chi connectivity index (χ1) is 9.83. The molecule has 2 aromatic heterocycles. The maximum Gasteiger partial charge on any atom is 0.129 e.